The van der Waals surface area contributed by atoms with Crippen molar-refractivity contribution >= 4 is 17.7 Å². The molecule has 10 heteroatoms. The van der Waals surface area contributed by atoms with E-state index in [1.54, 1.807) is 13.1 Å². The smallest absolute Gasteiger partial charge is 0.404 e. The molecule has 0 saturated carbocycles. The van der Waals surface area contributed by atoms with Crippen LogP contribution in [0.25, 0.3) is 0 Å². The number of nitrogens with zero attached hydrogens (tertiary/aromatic N) is 4. The second-order valence-corrected chi connectivity index (χ2v) is 11.2. The van der Waals surface area contributed by atoms with E-state index in [1.807, 2.05) is 0 Å². The standard InChI is InChI=1S/C29H34N4O6/c1-30-28(35)25-22-15-20(5-4-14-34)24(26(25)29(30)36)27(32(22)17-21-10-11-23(39-21)33(37)38)19-8-6-18(7-9-19)16-31-12-2-3-13-31/h6-11,15,22,24-27,34H,2-5,12-14,16-17H2,1H3. The molecule has 5 atom stereocenters. The molecule has 10 nitrogen and oxygen atoms in total. The first-order valence-electron chi connectivity index (χ1n) is 13.8. The van der Waals surface area contributed by atoms with Crippen LogP contribution in [0.4, 0.5) is 5.88 Å². The van der Waals surface area contributed by atoms with Crippen LogP contribution in [0.3, 0.4) is 0 Å². The average Bonchev–Trinajstić information content (AvgIpc) is 3.67. The lowest BCUT2D eigenvalue weighted by molar-refractivity contribution is -0.402. The Bertz CT molecular complexity index is 1300. The molecule has 1 N–H and O–H groups in total. The molecular formula is C29H34N4O6. The summed E-state index contributed by atoms with van der Waals surface area (Å²) in [7, 11) is 1.55. The van der Waals surface area contributed by atoms with Gasteiger partial charge in [-0.15, -0.1) is 0 Å². The molecular weight excluding hydrogens is 500 g/mol. The third kappa shape index (κ3) is 4.50. The van der Waals surface area contributed by atoms with E-state index in [2.05, 4.69) is 40.1 Å². The molecule has 5 aliphatic rings. The van der Waals surface area contributed by atoms with E-state index in [9.17, 15) is 24.8 Å². The first-order valence-corrected chi connectivity index (χ1v) is 13.8. The number of rotatable bonds is 9. The number of imide groups is 1. The van der Waals surface area contributed by atoms with Crippen LogP contribution in [0, 0.1) is 27.9 Å². The second-order valence-electron chi connectivity index (χ2n) is 11.2. The maximum Gasteiger partial charge on any atom is 0.433 e. The Labute approximate surface area is 227 Å². The lowest BCUT2D eigenvalue weighted by Crippen LogP contribution is -2.58. The quantitative estimate of drug-likeness (QED) is 0.225. The van der Waals surface area contributed by atoms with E-state index in [-0.39, 0.29) is 48.9 Å². The molecule has 2 aromatic rings. The molecule has 0 spiro atoms. The Balaban J connectivity index is 1.40. The molecule has 39 heavy (non-hydrogen) atoms. The number of furan rings is 1. The van der Waals surface area contributed by atoms with Gasteiger partial charge >= 0.3 is 5.88 Å². The molecule has 206 valence electrons. The monoisotopic (exact) mass is 534 g/mol. The summed E-state index contributed by atoms with van der Waals surface area (Å²) in [5.74, 6) is -1.45. The Hall–Kier alpha value is -3.34. The summed E-state index contributed by atoms with van der Waals surface area (Å²) in [5, 5.41) is 20.8. The number of aliphatic hydroxyl groups excluding tert-OH is 1. The number of piperidine rings is 1. The van der Waals surface area contributed by atoms with Gasteiger partial charge in [-0.2, -0.15) is 0 Å². The van der Waals surface area contributed by atoms with E-state index in [0.29, 0.717) is 18.6 Å². The molecule has 5 heterocycles. The third-order valence-electron chi connectivity index (χ3n) is 8.98. The minimum Gasteiger partial charge on any atom is -0.404 e. The highest BCUT2D eigenvalue weighted by Crippen LogP contribution is 2.57. The predicted molar refractivity (Wildman–Crippen MR) is 141 cm³/mol. The summed E-state index contributed by atoms with van der Waals surface area (Å²) in [4.78, 5) is 43.3. The third-order valence-corrected chi connectivity index (χ3v) is 8.98. The van der Waals surface area contributed by atoms with Gasteiger partial charge in [0.05, 0.1) is 24.4 Å². The molecule has 0 radical (unpaired) electrons. The zero-order valence-electron chi connectivity index (χ0n) is 22.1. The van der Waals surface area contributed by atoms with E-state index < -0.39 is 16.8 Å². The molecule has 7 rings (SSSR count). The number of hydrogen-bond acceptors (Lipinski definition) is 8. The van der Waals surface area contributed by atoms with Crippen molar-refractivity contribution in [2.75, 3.05) is 26.7 Å². The van der Waals surface area contributed by atoms with Gasteiger partial charge in [0.1, 0.15) is 10.7 Å². The summed E-state index contributed by atoms with van der Waals surface area (Å²) in [6.45, 7) is 3.45. The molecule has 3 saturated heterocycles. The van der Waals surface area contributed by atoms with Crippen LogP contribution in [0.1, 0.15) is 48.6 Å². The lowest BCUT2D eigenvalue weighted by Gasteiger charge is -2.54. The number of hydrogen-bond donors (Lipinski definition) is 1. The van der Waals surface area contributed by atoms with Crippen molar-refractivity contribution in [3.05, 3.63) is 75.0 Å². The normalized spacial score (nSPS) is 28.8. The van der Waals surface area contributed by atoms with Gasteiger partial charge in [-0.3, -0.25) is 34.4 Å². The molecule has 4 aliphatic heterocycles. The summed E-state index contributed by atoms with van der Waals surface area (Å²) < 4.78 is 5.54. The predicted octanol–water partition coefficient (Wildman–Crippen LogP) is 3.27. The van der Waals surface area contributed by atoms with E-state index in [0.717, 1.165) is 30.8 Å². The van der Waals surface area contributed by atoms with Crippen molar-refractivity contribution in [2.45, 2.75) is 50.9 Å². The van der Waals surface area contributed by atoms with Crippen LogP contribution in [-0.4, -0.2) is 69.3 Å². The number of carbonyl (C=O) groups is 2. The number of amides is 2. The van der Waals surface area contributed by atoms with E-state index in [1.165, 1.54) is 29.4 Å². The van der Waals surface area contributed by atoms with Crippen molar-refractivity contribution in [3.63, 3.8) is 0 Å². The van der Waals surface area contributed by atoms with Crippen LogP contribution in [-0.2, 0) is 22.7 Å². The van der Waals surface area contributed by atoms with E-state index in [4.69, 9.17) is 4.42 Å². The zero-order chi connectivity index (χ0) is 27.3. The summed E-state index contributed by atoms with van der Waals surface area (Å²) in [6.07, 6.45) is 5.79. The summed E-state index contributed by atoms with van der Waals surface area (Å²) in [6, 6.07) is 10.9. The van der Waals surface area contributed by atoms with Gasteiger partial charge in [-0.25, -0.2) is 0 Å². The Morgan fingerprint density at radius 3 is 2.38 bits per heavy atom. The minimum absolute atomic E-state index is 0.0469. The fourth-order valence-corrected chi connectivity index (χ4v) is 7.24. The molecule has 1 aliphatic carbocycles. The largest absolute Gasteiger partial charge is 0.433 e. The van der Waals surface area contributed by atoms with Crippen LogP contribution in [0.2, 0.25) is 0 Å². The first kappa shape index (κ1) is 25.9. The number of fused-ring (bicyclic) bond motifs is 1. The number of likely N-dealkylation sites (tertiary alicyclic amines) is 2. The van der Waals surface area contributed by atoms with Gasteiger partial charge in [0, 0.05) is 38.2 Å². The molecule has 2 amide bonds. The minimum atomic E-state index is -0.556. The maximum absolute atomic E-state index is 13.4. The number of benzene rings is 1. The van der Waals surface area contributed by atoms with Gasteiger partial charge in [0.2, 0.25) is 11.8 Å². The van der Waals surface area contributed by atoms with Crippen LogP contribution >= 0.6 is 0 Å². The highest BCUT2D eigenvalue weighted by atomic mass is 16.6. The molecule has 3 fully saturated rings. The van der Waals surface area contributed by atoms with Gasteiger partial charge in [-0.1, -0.05) is 35.9 Å². The van der Waals surface area contributed by atoms with Crippen molar-refractivity contribution in [3.8, 4) is 0 Å². The fourth-order valence-electron chi connectivity index (χ4n) is 7.24. The van der Waals surface area contributed by atoms with Crippen molar-refractivity contribution in [1.29, 1.82) is 0 Å². The van der Waals surface area contributed by atoms with Gasteiger partial charge in [0.25, 0.3) is 0 Å². The Kier molecular flexibility index (Phi) is 6.86. The number of carbonyl (C=O) groups excluding carboxylic acids is 2. The van der Waals surface area contributed by atoms with Crippen LogP contribution in [0.5, 0.6) is 0 Å². The highest BCUT2D eigenvalue weighted by molar-refractivity contribution is 6.06. The first-order chi connectivity index (χ1) is 18.9. The van der Waals surface area contributed by atoms with Gasteiger partial charge < -0.3 is 9.52 Å². The summed E-state index contributed by atoms with van der Waals surface area (Å²) >= 11 is 0. The summed E-state index contributed by atoms with van der Waals surface area (Å²) in [5.41, 5.74) is 3.37. The molecule has 2 bridgehead atoms. The van der Waals surface area contributed by atoms with Gasteiger partial charge in [0.15, 0.2) is 0 Å². The van der Waals surface area contributed by atoms with E-state index >= 15 is 0 Å². The van der Waals surface area contributed by atoms with Crippen molar-refractivity contribution in [2.24, 2.45) is 17.8 Å². The zero-order valence-corrected chi connectivity index (χ0v) is 22.1. The second kappa shape index (κ2) is 10.3. The molecule has 1 aromatic carbocycles. The van der Waals surface area contributed by atoms with Crippen molar-refractivity contribution in [1.82, 2.24) is 14.7 Å². The number of nitro groups is 1. The van der Waals surface area contributed by atoms with Crippen molar-refractivity contribution < 1.29 is 24.0 Å². The number of aliphatic hydroxyl groups is 1. The maximum atomic E-state index is 13.4. The van der Waals surface area contributed by atoms with Crippen LogP contribution < -0.4 is 0 Å². The Morgan fingerprint density at radius 1 is 1.00 bits per heavy atom. The lowest BCUT2D eigenvalue weighted by atomic mass is 9.61. The fraction of sp³-hybridized carbons (Fsp3) is 0.517. The SMILES string of the molecule is CN1C(=O)C2C(C1=O)C1C=C(CCCO)C2C(c2ccc(CN3CCCC3)cc2)N1Cc1ccc([N+](=O)[O-])o1. The highest BCUT2D eigenvalue weighted by Gasteiger charge is 2.63. The molecule has 1 aromatic heterocycles. The Morgan fingerprint density at radius 2 is 1.72 bits per heavy atom. The average molecular weight is 535 g/mol. The van der Waals surface area contributed by atoms with Gasteiger partial charge in [-0.05, 0) is 56.0 Å². The van der Waals surface area contributed by atoms with Crippen LogP contribution in [0.15, 0.2) is 52.5 Å². The molecule has 5 unspecified atom stereocenters. The topological polar surface area (TPSA) is 120 Å².